The first-order valence-corrected chi connectivity index (χ1v) is 16.3. The van der Waals surface area contributed by atoms with E-state index in [-0.39, 0.29) is 0 Å². The molecule has 0 amide bonds. The van der Waals surface area contributed by atoms with E-state index in [4.69, 9.17) is 0 Å². The zero-order chi connectivity index (χ0) is 27.3. The van der Waals surface area contributed by atoms with Gasteiger partial charge in [0.2, 0.25) is 0 Å². The van der Waals surface area contributed by atoms with Crippen molar-refractivity contribution >= 4 is 20.2 Å². The van der Waals surface area contributed by atoms with Gasteiger partial charge in [-0.2, -0.15) is 0 Å². The Labute approximate surface area is 220 Å². The van der Waals surface area contributed by atoms with E-state index in [2.05, 4.69) is 27.9 Å². The lowest BCUT2D eigenvalue weighted by Gasteiger charge is -2.37. The first kappa shape index (κ1) is 33.0. The van der Waals surface area contributed by atoms with Crippen molar-refractivity contribution in [3.05, 3.63) is 24.3 Å². The van der Waals surface area contributed by atoms with Crippen LogP contribution < -0.4 is 0 Å². The SMILES string of the molecule is CCCC[N+]1(C)CCCCC1.CCCC[N+]1(C)CCCCC1.O=S(=O)([O-])c1ccc(S(=O)(=O)[O-])cc1. The van der Waals surface area contributed by atoms with Crippen molar-refractivity contribution in [2.45, 2.75) is 87.8 Å². The minimum atomic E-state index is -4.61. The molecule has 3 rings (SSSR count). The Morgan fingerprint density at radius 2 is 0.889 bits per heavy atom. The maximum Gasteiger partial charge on any atom is 0.124 e. The normalized spacial score (nSPS) is 19.3. The maximum absolute atomic E-state index is 10.4. The molecule has 1 aromatic rings. The van der Waals surface area contributed by atoms with Crippen LogP contribution in [0.1, 0.15) is 78.1 Å². The number of rotatable bonds is 8. The van der Waals surface area contributed by atoms with Crippen LogP contribution >= 0.6 is 0 Å². The van der Waals surface area contributed by atoms with Crippen LogP contribution in [0.3, 0.4) is 0 Å². The summed E-state index contributed by atoms with van der Waals surface area (Å²) in [5.74, 6) is 0. The Bertz CT molecular complexity index is 872. The number of benzene rings is 1. The van der Waals surface area contributed by atoms with E-state index in [1.165, 1.54) is 112 Å². The van der Waals surface area contributed by atoms with Crippen molar-refractivity contribution in [2.24, 2.45) is 0 Å². The lowest BCUT2D eigenvalue weighted by atomic mass is 10.1. The second kappa shape index (κ2) is 15.4. The topological polar surface area (TPSA) is 114 Å². The molecule has 2 fully saturated rings. The molecule has 2 aliphatic heterocycles. The summed E-state index contributed by atoms with van der Waals surface area (Å²) in [6.07, 6.45) is 14.3. The highest BCUT2D eigenvalue weighted by molar-refractivity contribution is 7.86. The van der Waals surface area contributed by atoms with E-state index in [9.17, 15) is 25.9 Å². The molecule has 2 saturated heterocycles. The Morgan fingerprint density at radius 3 is 1.11 bits per heavy atom. The first-order chi connectivity index (χ1) is 16.7. The van der Waals surface area contributed by atoms with Crippen LogP contribution in [0.4, 0.5) is 0 Å². The minimum absolute atomic E-state index is 0.579. The van der Waals surface area contributed by atoms with E-state index >= 15 is 0 Å². The standard InChI is InChI=1S/2C10H22N.C6H6O6S2/c2*1-3-4-8-11(2)9-6-5-7-10-11;7-13(8,9)5-1-2-6(4-3-5)14(10,11)12/h2*3-10H2,1-2H3;1-4H,(H,7,8,9)(H,10,11,12)/q2*+1;/p-2. The molecular weight excluding hydrogens is 500 g/mol. The fourth-order valence-electron chi connectivity index (χ4n) is 4.85. The summed E-state index contributed by atoms with van der Waals surface area (Å²) in [6.45, 7) is 13.1. The van der Waals surface area contributed by atoms with E-state index < -0.39 is 30.0 Å². The van der Waals surface area contributed by atoms with Gasteiger partial charge >= 0.3 is 0 Å². The van der Waals surface area contributed by atoms with E-state index in [1.54, 1.807) is 0 Å². The van der Waals surface area contributed by atoms with Gasteiger partial charge in [-0.05, 0) is 75.6 Å². The first-order valence-electron chi connectivity index (χ1n) is 13.4. The van der Waals surface area contributed by atoms with Gasteiger partial charge in [0, 0.05) is 0 Å². The fourth-order valence-corrected chi connectivity index (χ4v) is 5.79. The highest BCUT2D eigenvalue weighted by Crippen LogP contribution is 2.18. The lowest BCUT2D eigenvalue weighted by molar-refractivity contribution is -0.914. The van der Waals surface area contributed by atoms with Gasteiger partial charge in [0.15, 0.2) is 0 Å². The highest BCUT2D eigenvalue weighted by Gasteiger charge is 2.24. The van der Waals surface area contributed by atoms with Crippen molar-refractivity contribution in [1.82, 2.24) is 0 Å². The molecule has 0 radical (unpaired) electrons. The Kier molecular flexibility index (Phi) is 14.1. The predicted octanol–water partition coefficient (Wildman–Crippen LogP) is 4.33. The van der Waals surface area contributed by atoms with Crippen molar-refractivity contribution in [3.8, 4) is 0 Å². The van der Waals surface area contributed by atoms with Gasteiger partial charge in [-0.3, -0.25) is 0 Å². The van der Waals surface area contributed by atoms with E-state index in [1.807, 2.05) is 0 Å². The number of nitrogens with zero attached hydrogens (tertiary/aromatic N) is 2. The predicted molar refractivity (Wildman–Crippen MR) is 141 cm³/mol. The molecule has 10 heteroatoms. The fraction of sp³-hybridized carbons (Fsp3) is 0.769. The van der Waals surface area contributed by atoms with Crippen molar-refractivity contribution in [3.63, 3.8) is 0 Å². The average molecular weight is 549 g/mol. The quantitative estimate of drug-likeness (QED) is 0.353. The van der Waals surface area contributed by atoms with Gasteiger partial charge in [-0.25, -0.2) is 16.8 Å². The maximum atomic E-state index is 10.4. The third-order valence-electron chi connectivity index (χ3n) is 7.30. The molecule has 2 heterocycles. The Hall–Kier alpha value is -1.04. The smallest absolute Gasteiger partial charge is 0.124 e. The summed E-state index contributed by atoms with van der Waals surface area (Å²) in [5.41, 5.74) is 0. The number of quaternary nitrogens is 2. The van der Waals surface area contributed by atoms with Gasteiger partial charge in [0.05, 0.1) is 63.2 Å². The molecule has 0 saturated carbocycles. The molecule has 8 nitrogen and oxygen atoms in total. The number of piperidine rings is 2. The van der Waals surface area contributed by atoms with Crippen molar-refractivity contribution in [1.29, 1.82) is 0 Å². The lowest BCUT2D eigenvalue weighted by Crippen LogP contribution is -2.48. The second-order valence-corrected chi connectivity index (χ2v) is 13.5. The van der Waals surface area contributed by atoms with Crippen molar-refractivity contribution < 1.29 is 34.9 Å². The van der Waals surface area contributed by atoms with Crippen LogP contribution in [0.2, 0.25) is 0 Å². The molecule has 0 aliphatic carbocycles. The van der Waals surface area contributed by atoms with Crippen LogP contribution in [0.15, 0.2) is 34.1 Å². The summed E-state index contributed by atoms with van der Waals surface area (Å²) >= 11 is 0. The van der Waals surface area contributed by atoms with E-state index in [0.29, 0.717) is 0 Å². The summed E-state index contributed by atoms with van der Waals surface area (Å²) < 4.78 is 65.2. The summed E-state index contributed by atoms with van der Waals surface area (Å²) in [5, 5.41) is 0. The molecule has 0 N–H and O–H groups in total. The molecule has 0 spiro atoms. The third kappa shape index (κ3) is 13.0. The monoisotopic (exact) mass is 548 g/mol. The Balaban J connectivity index is 0.000000273. The zero-order valence-corrected chi connectivity index (χ0v) is 24.4. The molecule has 0 bridgehead atoms. The summed E-state index contributed by atoms with van der Waals surface area (Å²) in [6, 6.07) is 3.08. The molecule has 1 aromatic carbocycles. The van der Waals surface area contributed by atoms with Gasteiger partial charge in [-0.15, -0.1) is 0 Å². The van der Waals surface area contributed by atoms with Crippen LogP contribution in [-0.2, 0) is 20.2 Å². The van der Waals surface area contributed by atoms with Gasteiger partial charge < -0.3 is 18.1 Å². The van der Waals surface area contributed by atoms with Gasteiger partial charge in [-0.1, -0.05) is 26.7 Å². The summed E-state index contributed by atoms with van der Waals surface area (Å²) in [4.78, 5) is -1.16. The van der Waals surface area contributed by atoms with Crippen LogP contribution in [-0.4, -0.2) is 88.3 Å². The van der Waals surface area contributed by atoms with Crippen LogP contribution in [0.5, 0.6) is 0 Å². The van der Waals surface area contributed by atoms with Crippen molar-refractivity contribution in [2.75, 3.05) is 53.4 Å². The number of hydrogen-bond donors (Lipinski definition) is 0. The minimum Gasteiger partial charge on any atom is -0.744 e. The zero-order valence-electron chi connectivity index (χ0n) is 22.8. The molecule has 0 unspecified atom stereocenters. The largest absolute Gasteiger partial charge is 0.744 e. The molecule has 0 atom stereocenters. The number of likely N-dealkylation sites (tertiary alicyclic amines) is 2. The van der Waals surface area contributed by atoms with Gasteiger partial charge in [0.25, 0.3) is 0 Å². The molecule has 210 valence electrons. The van der Waals surface area contributed by atoms with Crippen LogP contribution in [0.25, 0.3) is 0 Å². The third-order valence-corrected chi connectivity index (χ3v) is 8.99. The Morgan fingerprint density at radius 1 is 0.611 bits per heavy atom. The highest BCUT2D eigenvalue weighted by atomic mass is 32.2. The summed E-state index contributed by atoms with van der Waals surface area (Å²) in [7, 11) is -4.37. The molecule has 2 aliphatic rings. The van der Waals surface area contributed by atoms with Gasteiger partial charge in [0.1, 0.15) is 20.2 Å². The molecular formula is C26H48N2O6S2. The number of unbranched alkanes of at least 4 members (excludes halogenated alkanes) is 2. The number of hydrogen-bond acceptors (Lipinski definition) is 6. The second-order valence-electron chi connectivity index (χ2n) is 10.8. The molecule has 36 heavy (non-hydrogen) atoms. The van der Waals surface area contributed by atoms with Crippen LogP contribution in [0, 0.1) is 0 Å². The van der Waals surface area contributed by atoms with E-state index in [0.717, 1.165) is 24.3 Å². The molecule has 0 aromatic heterocycles. The average Bonchev–Trinajstić information content (AvgIpc) is 2.82.